The molecule has 16 heavy (non-hydrogen) atoms. The molecule has 0 saturated heterocycles. The van der Waals surface area contributed by atoms with Gasteiger partial charge in [-0.15, -0.1) is 0 Å². The quantitative estimate of drug-likeness (QED) is 0.720. The molecular weight excluding hydrogens is 219 g/mol. The fourth-order valence-corrected chi connectivity index (χ4v) is 1.86. The zero-order valence-electron chi connectivity index (χ0n) is 9.65. The molecule has 0 radical (unpaired) electrons. The van der Waals surface area contributed by atoms with Crippen LogP contribution < -0.4 is 5.32 Å². The molecule has 0 aromatic heterocycles. The molecule has 1 saturated carbocycles. The minimum atomic E-state index is -4.24. The summed E-state index contributed by atoms with van der Waals surface area (Å²) in [5.74, 6) is 0. The van der Waals surface area contributed by atoms with Crippen molar-refractivity contribution in [3.8, 4) is 0 Å². The van der Waals surface area contributed by atoms with Gasteiger partial charge in [0.1, 0.15) is 0 Å². The predicted molar refractivity (Wildman–Crippen MR) is 56.3 cm³/mol. The normalized spacial score (nSPS) is 20.2. The highest BCUT2D eigenvalue weighted by Gasteiger charge is 2.36. The number of alkyl halides is 3. The van der Waals surface area contributed by atoms with E-state index in [9.17, 15) is 13.2 Å². The third-order valence-corrected chi connectivity index (χ3v) is 2.94. The molecule has 0 bridgehead atoms. The van der Waals surface area contributed by atoms with Crippen LogP contribution in [0.3, 0.4) is 0 Å². The van der Waals surface area contributed by atoms with Gasteiger partial charge < -0.3 is 10.1 Å². The molecule has 1 atom stereocenters. The Morgan fingerprint density at radius 1 is 1.31 bits per heavy atom. The lowest BCUT2D eigenvalue weighted by molar-refractivity contribution is -0.214. The first-order valence-electron chi connectivity index (χ1n) is 5.92. The van der Waals surface area contributed by atoms with Crippen LogP contribution in [0.1, 0.15) is 39.0 Å². The van der Waals surface area contributed by atoms with Gasteiger partial charge in [-0.1, -0.05) is 12.8 Å². The first kappa shape index (κ1) is 13.8. The fourth-order valence-electron chi connectivity index (χ4n) is 1.86. The van der Waals surface area contributed by atoms with E-state index in [1.54, 1.807) is 0 Å². The highest BCUT2D eigenvalue weighted by Crippen LogP contribution is 2.22. The smallest absolute Gasteiger partial charge is 0.369 e. The van der Waals surface area contributed by atoms with Crippen LogP contribution in [-0.2, 0) is 4.74 Å². The molecule has 0 aromatic rings. The van der Waals surface area contributed by atoms with Crippen molar-refractivity contribution >= 4 is 0 Å². The maximum absolute atomic E-state index is 12.1. The number of hydrogen-bond donors (Lipinski definition) is 1. The molecule has 0 aliphatic heterocycles. The van der Waals surface area contributed by atoms with Crippen LogP contribution in [0.2, 0.25) is 0 Å². The lowest BCUT2D eigenvalue weighted by Crippen LogP contribution is -2.31. The Morgan fingerprint density at radius 2 is 1.94 bits per heavy atom. The molecule has 5 heteroatoms. The number of nitrogens with one attached hydrogen (secondary N) is 1. The average molecular weight is 239 g/mol. The Hall–Kier alpha value is -0.290. The molecule has 1 fully saturated rings. The summed E-state index contributed by atoms with van der Waals surface area (Å²) in [5, 5.41) is 3.33. The molecule has 0 heterocycles. The summed E-state index contributed by atoms with van der Waals surface area (Å²) >= 11 is 0. The van der Waals surface area contributed by atoms with Crippen molar-refractivity contribution in [3.05, 3.63) is 0 Å². The molecule has 1 N–H and O–H groups in total. The molecular formula is C11H20F3NO. The third kappa shape index (κ3) is 5.16. The SMILES string of the molecule is CC(OCCCNC1CCCC1)C(F)(F)F. The van der Waals surface area contributed by atoms with Crippen molar-refractivity contribution in [2.45, 2.75) is 57.3 Å². The van der Waals surface area contributed by atoms with E-state index in [4.69, 9.17) is 4.74 Å². The average Bonchev–Trinajstić information content (AvgIpc) is 2.68. The molecule has 1 aliphatic carbocycles. The van der Waals surface area contributed by atoms with Gasteiger partial charge >= 0.3 is 6.18 Å². The second-order valence-electron chi connectivity index (χ2n) is 4.34. The molecule has 0 spiro atoms. The van der Waals surface area contributed by atoms with Gasteiger partial charge in [0.2, 0.25) is 0 Å². The summed E-state index contributed by atoms with van der Waals surface area (Å²) in [5.41, 5.74) is 0. The van der Waals surface area contributed by atoms with Gasteiger partial charge in [-0.2, -0.15) is 13.2 Å². The molecule has 1 unspecified atom stereocenters. The van der Waals surface area contributed by atoms with Crippen molar-refractivity contribution in [2.75, 3.05) is 13.2 Å². The van der Waals surface area contributed by atoms with Gasteiger partial charge in [-0.25, -0.2) is 0 Å². The van der Waals surface area contributed by atoms with Gasteiger partial charge in [0.15, 0.2) is 6.10 Å². The van der Waals surface area contributed by atoms with Crippen molar-refractivity contribution in [1.82, 2.24) is 5.32 Å². The van der Waals surface area contributed by atoms with Crippen molar-refractivity contribution in [3.63, 3.8) is 0 Å². The van der Waals surface area contributed by atoms with Crippen LogP contribution in [0, 0.1) is 0 Å². The third-order valence-electron chi connectivity index (χ3n) is 2.94. The monoisotopic (exact) mass is 239 g/mol. The van der Waals surface area contributed by atoms with Crippen LogP contribution in [0.4, 0.5) is 13.2 Å². The standard InChI is InChI=1S/C11H20F3NO/c1-9(11(12,13)14)16-8-4-7-15-10-5-2-3-6-10/h9-10,15H,2-8H2,1H3. The van der Waals surface area contributed by atoms with E-state index < -0.39 is 12.3 Å². The van der Waals surface area contributed by atoms with Crippen LogP contribution in [0.15, 0.2) is 0 Å². The molecule has 96 valence electrons. The molecule has 1 rings (SSSR count). The Balaban J connectivity index is 1.95. The number of ether oxygens (including phenoxy) is 1. The zero-order chi connectivity index (χ0) is 12.0. The minimum absolute atomic E-state index is 0.167. The van der Waals surface area contributed by atoms with E-state index in [2.05, 4.69) is 5.32 Å². The number of rotatable bonds is 6. The summed E-state index contributed by atoms with van der Waals surface area (Å²) in [7, 11) is 0. The van der Waals surface area contributed by atoms with E-state index >= 15 is 0 Å². The van der Waals surface area contributed by atoms with E-state index in [1.165, 1.54) is 25.7 Å². The lowest BCUT2D eigenvalue weighted by Gasteiger charge is -2.17. The second-order valence-corrected chi connectivity index (χ2v) is 4.34. The zero-order valence-corrected chi connectivity index (χ0v) is 9.65. The Labute approximate surface area is 94.5 Å². The van der Waals surface area contributed by atoms with E-state index in [0.717, 1.165) is 13.5 Å². The van der Waals surface area contributed by atoms with Gasteiger partial charge in [-0.05, 0) is 32.7 Å². The first-order chi connectivity index (χ1) is 7.50. The molecule has 1 aliphatic rings. The lowest BCUT2D eigenvalue weighted by atomic mass is 10.2. The van der Waals surface area contributed by atoms with Crippen LogP contribution in [-0.4, -0.2) is 31.5 Å². The maximum Gasteiger partial charge on any atom is 0.414 e. The summed E-state index contributed by atoms with van der Waals surface area (Å²) in [6.45, 7) is 1.96. The number of halogens is 3. The Kier molecular flexibility index (Phi) is 5.55. The summed E-state index contributed by atoms with van der Waals surface area (Å²) in [4.78, 5) is 0. The second kappa shape index (κ2) is 6.45. The van der Waals surface area contributed by atoms with Gasteiger partial charge in [-0.3, -0.25) is 0 Å². The Morgan fingerprint density at radius 3 is 2.50 bits per heavy atom. The largest absolute Gasteiger partial charge is 0.414 e. The van der Waals surface area contributed by atoms with Gasteiger partial charge in [0, 0.05) is 12.6 Å². The molecule has 2 nitrogen and oxygen atoms in total. The summed E-state index contributed by atoms with van der Waals surface area (Å²) in [6, 6.07) is 0.569. The van der Waals surface area contributed by atoms with Crippen molar-refractivity contribution in [1.29, 1.82) is 0 Å². The Bertz CT molecular complexity index is 190. The predicted octanol–water partition coefficient (Wildman–Crippen LogP) is 2.88. The summed E-state index contributed by atoms with van der Waals surface area (Å²) in [6.07, 6.45) is -0.340. The molecule has 0 amide bonds. The van der Waals surface area contributed by atoms with Gasteiger partial charge in [0.25, 0.3) is 0 Å². The van der Waals surface area contributed by atoms with E-state index in [0.29, 0.717) is 12.5 Å². The first-order valence-corrected chi connectivity index (χ1v) is 5.92. The van der Waals surface area contributed by atoms with Crippen LogP contribution >= 0.6 is 0 Å². The highest BCUT2D eigenvalue weighted by molar-refractivity contribution is 4.73. The van der Waals surface area contributed by atoms with Crippen molar-refractivity contribution in [2.24, 2.45) is 0 Å². The van der Waals surface area contributed by atoms with E-state index in [1.807, 2.05) is 0 Å². The summed E-state index contributed by atoms with van der Waals surface area (Å²) < 4.78 is 40.9. The van der Waals surface area contributed by atoms with Crippen LogP contribution in [0.25, 0.3) is 0 Å². The van der Waals surface area contributed by atoms with Gasteiger partial charge in [0.05, 0.1) is 0 Å². The number of hydrogen-bond acceptors (Lipinski definition) is 2. The fraction of sp³-hybridized carbons (Fsp3) is 1.00. The van der Waals surface area contributed by atoms with E-state index in [-0.39, 0.29) is 6.61 Å². The van der Waals surface area contributed by atoms with Crippen molar-refractivity contribution < 1.29 is 17.9 Å². The topological polar surface area (TPSA) is 21.3 Å². The van der Waals surface area contributed by atoms with Crippen LogP contribution in [0.5, 0.6) is 0 Å². The highest BCUT2D eigenvalue weighted by atomic mass is 19.4. The molecule has 0 aromatic carbocycles. The minimum Gasteiger partial charge on any atom is -0.369 e. The maximum atomic E-state index is 12.1.